The van der Waals surface area contributed by atoms with Gasteiger partial charge >= 0.3 is 0 Å². The van der Waals surface area contributed by atoms with Gasteiger partial charge in [-0.2, -0.15) is 0 Å². The van der Waals surface area contributed by atoms with Crippen LogP contribution in [0.25, 0.3) is 22.3 Å². The van der Waals surface area contributed by atoms with Crippen molar-refractivity contribution in [3.05, 3.63) is 201 Å². The van der Waals surface area contributed by atoms with Crippen LogP contribution >= 0.6 is 47.8 Å². The number of hydrogen-bond acceptors (Lipinski definition) is 0. The monoisotopic (exact) mass is 927 g/mol. The molecule has 0 spiro atoms. The minimum absolute atomic E-state index is 0. The molecule has 0 aliphatic rings. The Bertz CT molecular complexity index is 1820. The molecular formula is C42H31Br3ISi-. The van der Waals surface area contributed by atoms with E-state index in [1.165, 1.54) is 43.0 Å². The molecule has 0 N–H and O–H groups in total. The summed E-state index contributed by atoms with van der Waals surface area (Å²) in [4.78, 5) is 0. The maximum absolute atomic E-state index is 3.54. The molecule has 0 heterocycles. The molecule has 47 heavy (non-hydrogen) atoms. The first-order chi connectivity index (χ1) is 22.5. The lowest BCUT2D eigenvalue weighted by atomic mass is 10.1. The highest BCUT2D eigenvalue weighted by Crippen LogP contribution is 2.24. The highest BCUT2D eigenvalue weighted by atomic mass is 127. The van der Waals surface area contributed by atoms with E-state index < -0.39 is 8.07 Å². The van der Waals surface area contributed by atoms with Crippen LogP contribution in [0.5, 0.6) is 0 Å². The van der Waals surface area contributed by atoms with Gasteiger partial charge in [-0.1, -0.05) is 199 Å². The zero-order valence-corrected chi connectivity index (χ0v) is 33.3. The van der Waals surface area contributed by atoms with Crippen molar-refractivity contribution in [3.8, 4) is 22.3 Å². The lowest BCUT2D eigenvalue weighted by Crippen LogP contribution is -3.00. The van der Waals surface area contributed by atoms with E-state index in [2.05, 4.69) is 236 Å². The van der Waals surface area contributed by atoms with E-state index in [0.29, 0.717) is 0 Å². The molecule has 7 rings (SSSR count). The molecule has 0 saturated carbocycles. The average molecular weight is 930 g/mol. The summed E-state index contributed by atoms with van der Waals surface area (Å²) in [5.74, 6) is 0. The summed E-state index contributed by atoms with van der Waals surface area (Å²) < 4.78 is 3.32. The Morgan fingerprint density at radius 1 is 0.255 bits per heavy atom. The van der Waals surface area contributed by atoms with E-state index in [0.717, 1.165) is 13.4 Å². The molecule has 7 aromatic rings. The van der Waals surface area contributed by atoms with Gasteiger partial charge in [-0.25, -0.2) is 0 Å². The zero-order valence-electron chi connectivity index (χ0n) is 25.4. The third kappa shape index (κ3) is 8.33. The zero-order chi connectivity index (χ0) is 31.8. The van der Waals surface area contributed by atoms with E-state index in [-0.39, 0.29) is 24.0 Å². The molecule has 7 aromatic carbocycles. The Hall–Kier alpha value is -3.07. The van der Waals surface area contributed by atoms with E-state index in [4.69, 9.17) is 0 Å². The Labute approximate surface area is 321 Å². The van der Waals surface area contributed by atoms with Crippen LogP contribution in [-0.2, 0) is 0 Å². The van der Waals surface area contributed by atoms with Crippen molar-refractivity contribution in [1.82, 2.24) is 0 Å². The molecule has 0 atom stereocenters. The lowest BCUT2D eigenvalue weighted by molar-refractivity contribution is -0.00000837. The standard InChI is InChI=1S/C30H23BrSi.C12H8Br2.HI/c31-26-20-16-24(17-21-26)25-18-22-30(23-19-25)32(27-10-4-1-5-11-27,28-12-6-2-7-13-28)29-14-8-3-9-15-29;13-11-5-1-9(2-6-11)10-3-7-12(14)8-4-10;/h1-23H;1-8H;1H/p-1. The second-order valence-corrected chi connectivity index (χ2v) is 17.5. The lowest BCUT2D eigenvalue weighted by Gasteiger charge is -2.34. The van der Waals surface area contributed by atoms with Gasteiger partial charge in [-0.3, -0.25) is 0 Å². The van der Waals surface area contributed by atoms with E-state index in [9.17, 15) is 0 Å². The highest BCUT2D eigenvalue weighted by molar-refractivity contribution is 9.11. The largest absolute Gasteiger partial charge is 1.00 e. The van der Waals surface area contributed by atoms with Crippen molar-refractivity contribution in [2.24, 2.45) is 0 Å². The van der Waals surface area contributed by atoms with Crippen molar-refractivity contribution in [2.45, 2.75) is 0 Å². The molecule has 0 nitrogen and oxygen atoms in total. The van der Waals surface area contributed by atoms with Crippen LogP contribution in [-0.4, -0.2) is 8.07 Å². The van der Waals surface area contributed by atoms with Crippen LogP contribution in [0.2, 0.25) is 0 Å². The first-order valence-electron chi connectivity index (χ1n) is 15.1. The minimum atomic E-state index is -2.44. The smallest absolute Gasteiger partial charge is 0.179 e. The second-order valence-electron chi connectivity index (χ2n) is 10.9. The molecule has 232 valence electrons. The van der Waals surface area contributed by atoms with Gasteiger partial charge in [-0.05, 0) is 79.4 Å². The van der Waals surface area contributed by atoms with Gasteiger partial charge in [0, 0.05) is 13.4 Å². The first kappa shape index (κ1) is 35.2. The fourth-order valence-electron chi connectivity index (χ4n) is 5.90. The quantitative estimate of drug-likeness (QED) is 0.0930. The molecule has 0 aliphatic heterocycles. The molecule has 0 unspecified atom stereocenters. The molecule has 0 radical (unpaired) electrons. The van der Waals surface area contributed by atoms with Crippen LogP contribution in [0.15, 0.2) is 201 Å². The van der Waals surface area contributed by atoms with Gasteiger partial charge in [0.05, 0.1) is 0 Å². The minimum Gasteiger partial charge on any atom is -1.00 e. The number of benzene rings is 7. The summed E-state index contributed by atoms with van der Waals surface area (Å²) in [7, 11) is -2.44. The van der Waals surface area contributed by atoms with Crippen molar-refractivity contribution in [1.29, 1.82) is 0 Å². The van der Waals surface area contributed by atoms with Crippen LogP contribution in [0.4, 0.5) is 0 Å². The van der Waals surface area contributed by atoms with Crippen LogP contribution < -0.4 is 44.7 Å². The highest BCUT2D eigenvalue weighted by Gasteiger charge is 2.41. The Balaban J connectivity index is 0.000000243. The van der Waals surface area contributed by atoms with Gasteiger partial charge in [0.25, 0.3) is 0 Å². The van der Waals surface area contributed by atoms with E-state index >= 15 is 0 Å². The summed E-state index contributed by atoms with van der Waals surface area (Å²) in [6.45, 7) is 0. The fourth-order valence-corrected chi connectivity index (χ4v) is 11.4. The predicted octanol–water partition coefficient (Wildman–Crippen LogP) is 7.38. The van der Waals surface area contributed by atoms with E-state index in [1.807, 2.05) is 0 Å². The molecule has 0 bridgehead atoms. The summed E-state index contributed by atoms with van der Waals surface area (Å²) in [6, 6.07) is 67.5. The molecule has 0 aromatic heterocycles. The molecular weight excluding hydrogens is 899 g/mol. The molecule has 5 heteroatoms. The second kappa shape index (κ2) is 16.8. The number of halogens is 4. The molecule has 0 fully saturated rings. The predicted molar refractivity (Wildman–Crippen MR) is 210 cm³/mol. The van der Waals surface area contributed by atoms with Crippen molar-refractivity contribution in [3.63, 3.8) is 0 Å². The first-order valence-corrected chi connectivity index (χ1v) is 19.5. The Kier molecular flexibility index (Phi) is 12.6. The number of rotatable bonds is 6. The van der Waals surface area contributed by atoms with Crippen LogP contribution in [0, 0.1) is 0 Å². The van der Waals surface area contributed by atoms with Gasteiger partial charge in [0.15, 0.2) is 8.07 Å². The summed E-state index contributed by atoms with van der Waals surface area (Å²) in [5.41, 5.74) is 4.94. The summed E-state index contributed by atoms with van der Waals surface area (Å²) >= 11 is 10.4. The summed E-state index contributed by atoms with van der Waals surface area (Å²) in [6.07, 6.45) is 0. The average Bonchev–Trinajstić information content (AvgIpc) is 3.12. The van der Waals surface area contributed by atoms with Crippen molar-refractivity contribution >= 4 is 76.6 Å². The molecule has 0 amide bonds. The SMILES string of the molecule is Brc1ccc(-c2ccc(Br)cc2)cc1.Brc1ccc(-c2ccc([Si](c3ccccc3)(c3ccccc3)c3ccccc3)cc2)cc1.[I-]. The van der Waals surface area contributed by atoms with Crippen molar-refractivity contribution < 1.29 is 24.0 Å². The van der Waals surface area contributed by atoms with Gasteiger partial charge in [-0.15, -0.1) is 0 Å². The summed E-state index contributed by atoms with van der Waals surface area (Å²) in [5, 5.41) is 5.58. The Morgan fingerprint density at radius 2 is 0.468 bits per heavy atom. The molecule has 0 saturated heterocycles. The normalized spacial score (nSPS) is 10.7. The van der Waals surface area contributed by atoms with Gasteiger partial charge in [0.1, 0.15) is 0 Å². The van der Waals surface area contributed by atoms with Gasteiger partial charge < -0.3 is 24.0 Å². The fraction of sp³-hybridized carbons (Fsp3) is 0. The van der Waals surface area contributed by atoms with Crippen molar-refractivity contribution in [2.75, 3.05) is 0 Å². The van der Waals surface area contributed by atoms with Gasteiger partial charge in [0.2, 0.25) is 0 Å². The third-order valence-corrected chi connectivity index (χ3v) is 14.5. The van der Waals surface area contributed by atoms with Crippen LogP contribution in [0.3, 0.4) is 0 Å². The Morgan fingerprint density at radius 3 is 0.723 bits per heavy atom. The number of hydrogen-bond donors (Lipinski definition) is 0. The third-order valence-electron chi connectivity index (χ3n) is 8.14. The topological polar surface area (TPSA) is 0 Å². The van der Waals surface area contributed by atoms with Crippen LogP contribution in [0.1, 0.15) is 0 Å². The maximum Gasteiger partial charge on any atom is 0.179 e. The van der Waals surface area contributed by atoms with E-state index in [1.54, 1.807) is 0 Å². The molecule has 0 aliphatic carbocycles. The maximum atomic E-state index is 3.54.